The summed E-state index contributed by atoms with van der Waals surface area (Å²) in [6.07, 6.45) is 0. The van der Waals surface area contributed by atoms with Gasteiger partial charge >= 0.3 is 126 Å². The second-order valence-electron chi connectivity index (χ2n) is 4.20. The van der Waals surface area contributed by atoms with Crippen LogP contribution >= 0.6 is 10.2 Å². The molecular formula is C18H15ClNi. The van der Waals surface area contributed by atoms with Crippen molar-refractivity contribution in [3.05, 3.63) is 91.0 Å². The standard InChI is InChI=1S/3C6H5.ClH.Ni/c3*1-2-4-6-5-3-1;;/h3*1-5H;1H;/q;;;;+1/p-1. The zero-order valence-corrected chi connectivity index (χ0v) is 12.6. The molecule has 3 rings (SSSR count). The second kappa shape index (κ2) is 5.83. The Morgan fingerprint density at radius 3 is 0.950 bits per heavy atom. The van der Waals surface area contributed by atoms with Gasteiger partial charge in [0.1, 0.15) is 0 Å². The summed E-state index contributed by atoms with van der Waals surface area (Å²) in [6.45, 7) is 0. The Morgan fingerprint density at radius 2 is 0.700 bits per heavy atom. The van der Waals surface area contributed by atoms with Crippen LogP contribution in [0, 0.1) is 0 Å². The summed E-state index contributed by atoms with van der Waals surface area (Å²) in [7, 11) is 7.21. The van der Waals surface area contributed by atoms with E-state index in [1.54, 1.807) is 0 Å². The predicted octanol–water partition coefficient (Wildman–Crippen LogP) is 3.27. The molecule has 0 aliphatic heterocycles. The summed E-state index contributed by atoms with van der Waals surface area (Å²) >= 11 is -1.83. The van der Waals surface area contributed by atoms with E-state index < -0.39 is 11.5 Å². The SMILES string of the molecule is [Cl][Ni]([c]1ccccc1)([c]1ccccc1)[c]1ccccc1. The molecule has 0 spiro atoms. The fourth-order valence-corrected chi connectivity index (χ4v) is 5.86. The Hall–Kier alpha value is -1.56. The molecule has 0 fully saturated rings. The number of rotatable bonds is 3. The third kappa shape index (κ3) is 2.40. The van der Waals surface area contributed by atoms with Crippen LogP contribution in [0.1, 0.15) is 0 Å². The van der Waals surface area contributed by atoms with Crippen LogP contribution in [0.15, 0.2) is 91.0 Å². The van der Waals surface area contributed by atoms with Crippen LogP contribution in [0.4, 0.5) is 0 Å². The van der Waals surface area contributed by atoms with Gasteiger partial charge in [-0.15, -0.1) is 0 Å². The third-order valence-corrected chi connectivity index (χ3v) is 7.94. The molecule has 0 aliphatic rings. The van der Waals surface area contributed by atoms with E-state index in [0.717, 1.165) is 0 Å². The van der Waals surface area contributed by atoms with Gasteiger partial charge in [0.25, 0.3) is 0 Å². The minimum atomic E-state index is -1.83. The molecule has 0 saturated carbocycles. The van der Waals surface area contributed by atoms with Crippen molar-refractivity contribution in [3.8, 4) is 0 Å². The third-order valence-electron chi connectivity index (χ3n) is 2.89. The zero-order chi connectivity index (χ0) is 13.8. The maximum absolute atomic E-state index is 7.21. The Morgan fingerprint density at radius 1 is 0.450 bits per heavy atom. The average molecular weight is 325 g/mol. The van der Waals surface area contributed by atoms with Crippen molar-refractivity contribution in [2.75, 3.05) is 0 Å². The molecule has 3 aromatic carbocycles. The Balaban J connectivity index is 2.24. The van der Waals surface area contributed by atoms with Gasteiger partial charge in [0.2, 0.25) is 0 Å². The molecule has 0 radical (unpaired) electrons. The van der Waals surface area contributed by atoms with E-state index in [9.17, 15) is 0 Å². The first-order valence-electron chi connectivity index (χ1n) is 6.33. The van der Waals surface area contributed by atoms with Gasteiger partial charge in [0, 0.05) is 0 Å². The van der Waals surface area contributed by atoms with Crippen molar-refractivity contribution >= 4 is 23.8 Å². The molecule has 20 heavy (non-hydrogen) atoms. The molecular weight excluding hydrogens is 310 g/mol. The molecule has 2 heteroatoms. The van der Waals surface area contributed by atoms with E-state index in [-0.39, 0.29) is 0 Å². The van der Waals surface area contributed by atoms with Gasteiger partial charge in [-0.3, -0.25) is 0 Å². The molecule has 0 atom stereocenters. The Labute approximate surface area is 126 Å². The van der Waals surface area contributed by atoms with Gasteiger partial charge in [-0.05, 0) is 0 Å². The van der Waals surface area contributed by atoms with Crippen LogP contribution in [0.5, 0.6) is 0 Å². The van der Waals surface area contributed by atoms with Crippen LogP contribution < -0.4 is 13.6 Å². The monoisotopic (exact) mass is 324 g/mol. The van der Waals surface area contributed by atoms with E-state index in [1.165, 1.54) is 13.6 Å². The van der Waals surface area contributed by atoms with Crippen molar-refractivity contribution < 1.29 is 11.5 Å². The maximum atomic E-state index is 7.21. The first-order chi connectivity index (χ1) is 9.82. The van der Waals surface area contributed by atoms with Gasteiger partial charge in [-0.1, -0.05) is 0 Å². The molecule has 0 heterocycles. The second-order valence-corrected chi connectivity index (χ2v) is 8.69. The zero-order valence-electron chi connectivity index (χ0n) is 10.9. The van der Waals surface area contributed by atoms with E-state index in [2.05, 4.69) is 36.4 Å². The first kappa shape index (κ1) is 13.4. The van der Waals surface area contributed by atoms with Crippen LogP contribution in [0.25, 0.3) is 0 Å². The van der Waals surface area contributed by atoms with Crippen LogP contribution in [-0.2, 0) is 11.5 Å². The van der Waals surface area contributed by atoms with Crippen molar-refractivity contribution in [1.82, 2.24) is 0 Å². The van der Waals surface area contributed by atoms with Crippen LogP contribution in [-0.4, -0.2) is 0 Å². The number of hydrogen-bond acceptors (Lipinski definition) is 0. The fraction of sp³-hybridized carbons (Fsp3) is 0. The van der Waals surface area contributed by atoms with Crippen molar-refractivity contribution in [2.45, 2.75) is 0 Å². The quantitative estimate of drug-likeness (QED) is 0.649. The van der Waals surface area contributed by atoms with Gasteiger partial charge < -0.3 is 0 Å². The van der Waals surface area contributed by atoms with E-state index in [1.807, 2.05) is 54.6 Å². The number of halogens is 1. The molecule has 0 unspecified atom stereocenters. The molecule has 0 amide bonds. The first-order valence-corrected chi connectivity index (χ1v) is 9.17. The van der Waals surface area contributed by atoms with E-state index >= 15 is 0 Å². The molecule has 104 valence electrons. The summed E-state index contributed by atoms with van der Waals surface area (Å²) in [4.78, 5) is 0. The summed E-state index contributed by atoms with van der Waals surface area (Å²) < 4.78 is 3.53. The van der Waals surface area contributed by atoms with Crippen molar-refractivity contribution in [2.24, 2.45) is 0 Å². The van der Waals surface area contributed by atoms with Crippen LogP contribution in [0.3, 0.4) is 0 Å². The van der Waals surface area contributed by atoms with Gasteiger partial charge in [0.15, 0.2) is 0 Å². The van der Waals surface area contributed by atoms with Gasteiger partial charge in [0.05, 0.1) is 0 Å². The summed E-state index contributed by atoms with van der Waals surface area (Å²) in [5, 5.41) is 0. The fourth-order valence-electron chi connectivity index (χ4n) is 1.96. The normalized spacial score (nSPS) is 12.1. The molecule has 0 bridgehead atoms. The molecule has 0 aliphatic carbocycles. The molecule has 0 N–H and O–H groups in total. The minimum absolute atomic E-state index is 1.18. The topological polar surface area (TPSA) is 0 Å². The van der Waals surface area contributed by atoms with Gasteiger partial charge in [-0.2, -0.15) is 0 Å². The predicted molar refractivity (Wildman–Crippen MR) is 84.1 cm³/mol. The summed E-state index contributed by atoms with van der Waals surface area (Å²) in [6, 6.07) is 31.1. The van der Waals surface area contributed by atoms with Crippen LogP contribution in [0.2, 0.25) is 0 Å². The average Bonchev–Trinajstić information content (AvgIpc) is 2.56. The van der Waals surface area contributed by atoms with E-state index in [4.69, 9.17) is 10.2 Å². The Kier molecular flexibility index (Phi) is 3.91. The Bertz CT molecular complexity index is 569. The number of benzene rings is 3. The molecule has 0 nitrogen and oxygen atoms in total. The number of hydrogen-bond donors (Lipinski definition) is 0. The van der Waals surface area contributed by atoms with Crippen molar-refractivity contribution in [3.63, 3.8) is 0 Å². The summed E-state index contributed by atoms with van der Waals surface area (Å²) in [5.74, 6) is 0. The van der Waals surface area contributed by atoms with Crippen molar-refractivity contribution in [1.29, 1.82) is 0 Å². The molecule has 0 aromatic heterocycles. The van der Waals surface area contributed by atoms with E-state index in [0.29, 0.717) is 0 Å². The molecule has 3 aromatic rings. The molecule has 0 saturated heterocycles. The van der Waals surface area contributed by atoms with Gasteiger partial charge in [-0.25, -0.2) is 0 Å². The summed E-state index contributed by atoms with van der Waals surface area (Å²) in [5.41, 5.74) is 0.